The summed E-state index contributed by atoms with van der Waals surface area (Å²) in [5, 5.41) is 0. The number of halogens is 3. The quantitative estimate of drug-likeness (QED) is 0.500. The number of hydrogen-bond acceptors (Lipinski definition) is 6. The average molecular weight is 383 g/mol. The monoisotopic (exact) mass is 383 g/mol. The van der Waals surface area contributed by atoms with E-state index in [1.807, 2.05) is 0 Å². The highest BCUT2D eigenvalue weighted by Gasteiger charge is 2.35. The molecule has 0 saturated heterocycles. The summed E-state index contributed by atoms with van der Waals surface area (Å²) in [4.78, 5) is 12.3. The summed E-state index contributed by atoms with van der Waals surface area (Å²) in [6.07, 6.45) is -4.23. The van der Waals surface area contributed by atoms with E-state index in [0.717, 1.165) is 24.8 Å². The Hall–Kier alpha value is -2.62. The number of rotatable bonds is 7. The number of methoxy groups -OCH3 is 1. The highest BCUT2D eigenvalue weighted by molar-refractivity contribution is 5.96. The molecule has 0 aliphatic heterocycles. The molecule has 0 aliphatic carbocycles. The van der Waals surface area contributed by atoms with E-state index in [1.165, 1.54) is 6.07 Å². The van der Waals surface area contributed by atoms with Crippen LogP contribution in [0, 0.1) is 0 Å². The van der Waals surface area contributed by atoms with Gasteiger partial charge in [-0.25, -0.2) is 0 Å². The third-order valence-corrected chi connectivity index (χ3v) is 3.69. The maximum absolute atomic E-state index is 13.1. The highest BCUT2D eigenvalue weighted by atomic mass is 19.4. The van der Waals surface area contributed by atoms with Crippen molar-refractivity contribution in [1.29, 1.82) is 0 Å². The molecule has 0 amide bonds. The van der Waals surface area contributed by atoms with Crippen LogP contribution in [0.25, 0.3) is 0 Å². The van der Waals surface area contributed by atoms with Gasteiger partial charge in [-0.1, -0.05) is 12.1 Å². The number of nitrogens with two attached hydrogens (primary N) is 3. The summed E-state index contributed by atoms with van der Waals surface area (Å²) in [7, 11) is 1.14. The van der Waals surface area contributed by atoms with Crippen LogP contribution < -0.4 is 26.7 Å². The largest absolute Gasteiger partial charge is 0.496 e. The first-order chi connectivity index (χ1) is 12.5. The molecular formula is C18H20F3N3O3. The van der Waals surface area contributed by atoms with Crippen LogP contribution in [-0.2, 0) is 12.6 Å². The second-order valence-electron chi connectivity index (χ2n) is 5.94. The van der Waals surface area contributed by atoms with Crippen LogP contribution in [0.4, 0.5) is 13.2 Å². The lowest BCUT2D eigenvalue weighted by Gasteiger charge is -2.20. The minimum atomic E-state index is -4.61. The van der Waals surface area contributed by atoms with Gasteiger partial charge in [0, 0.05) is 12.0 Å². The van der Waals surface area contributed by atoms with Crippen molar-refractivity contribution < 1.29 is 27.4 Å². The van der Waals surface area contributed by atoms with Crippen LogP contribution in [0.3, 0.4) is 0 Å². The molecule has 146 valence electrons. The summed E-state index contributed by atoms with van der Waals surface area (Å²) in [5.41, 5.74) is 15.8. The van der Waals surface area contributed by atoms with Gasteiger partial charge < -0.3 is 9.47 Å². The van der Waals surface area contributed by atoms with Crippen molar-refractivity contribution in [3.05, 3.63) is 59.2 Å². The SMILES string of the molecule is COc1ccc(C(=O)CCc2ccc(OC(N)(N)N)cc2)cc1C(F)(F)F. The Kier molecular flexibility index (Phi) is 6.09. The number of aryl methyl sites for hydroxylation is 1. The number of carbonyl (C=O) groups is 1. The Labute approximate surface area is 154 Å². The van der Waals surface area contributed by atoms with Crippen LogP contribution in [0.1, 0.15) is 27.9 Å². The first-order valence-corrected chi connectivity index (χ1v) is 7.92. The Bertz CT molecular complexity index is 800. The van der Waals surface area contributed by atoms with E-state index in [0.29, 0.717) is 12.2 Å². The van der Waals surface area contributed by atoms with Crippen LogP contribution in [0.15, 0.2) is 42.5 Å². The molecule has 0 bridgehead atoms. The van der Waals surface area contributed by atoms with Crippen molar-refractivity contribution in [1.82, 2.24) is 0 Å². The molecule has 6 nitrogen and oxygen atoms in total. The fourth-order valence-electron chi connectivity index (χ4n) is 2.43. The Balaban J connectivity index is 2.05. The molecule has 6 N–H and O–H groups in total. The molecule has 2 rings (SSSR count). The molecular weight excluding hydrogens is 363 g/mol. The molecule has 0 spiro atoms. The standard InChI is InChI=1S/C18H20F3N3O3/c1-26-16-9-5-12(10-14(16)17(19,20)21)15(25)8-4-11-2-6-13(7-3-11)27-18(22,23)24/h2-3,5-7,9-10H,4,8,22-24H2,1H3. The minimum Gasteiger partial charge on any atom is -0.496 e. The topological polar surface area (TPSA) is 114 Å². The zero-order valence-electron chi connectivity index (χ0n) is 14.5. The van der Waals surface area contributed by atoms with Gasteiger partial charge in [0.25, 0.3) is 5.97 Å². The van der Waals surface area contributed by atoms with Gasteiger partial charge in [0.15, 0.2) is 5.78 Å². The van der Waals surface area contributed by atoms with Crippen LogP contribution in [0.5, 0.6) is 11.5 Å². The third-order valence-electron chi connectivity index (χ3n) is 3.69. The molecule has 2 aromatic rings. The van der Waals surface area contributed by atoms with E-state index >= 15 is 0 Å². The predicted octanol–water partition coefficient (Wildman–Crippen LogP) is 2.40. The van der Waals surface area contributed by atoms with E-state index in [2.05, 4.69) is 0 Å². The molecule has 0 fully saturated rings. The average Bonchev–Trinajstić information content (AvgIpc) is 2.58. The van der Waals surface area contributed by atoms with Crippen LogP contribution >= 0.6 is 0 Å². The molecule has 27 heavy (non-hydrogen) atoms. The molecule has 0 heterocycles. The number of ether oxygens (including phenoxy) is 2. The first kappa shape index (κ1) is 20.7. The van der Waals surface area contributed by atoms with Gasteiger partial charge in [0.05, 0.1) is 12.7 Å². The van der Waals surface area contributed by atoms with Crippen LogP contribution in [-0.4, -0.2) is 18.9 Å². The number of benzene rings is 2. The summed E-state index contributed by atoms with van der Waals surface area (Å²) in [6, 6.07) is 9.79. The maximum Gasteiger partial charge on any atom is 0.419 e. The fraction of sp³-hybridized carbons (Fsp3) is 0.278. The lowest BCUT2D eigenvalue weighted by atomic mass is 10.0. The van der Waals surface area contributed by atoms with Crippen molar-refractivity contribution in [3.8, 4) is 11.5 Å². The predicted molar refractivity (Wildman–Crippen MR) is 93.0 cm³/mol. The van der Waals surface area contributed by atoms with Crippen molar-refractivity contribution in [2.75, 3.05) is 7.11 Å². The molecule has 0 aromatic heterocycles. The molecule has 0 aliphatic rings. The number of alkyl halides is 3. The van der Waals surface area contributed by atoms with Crippen molar-refractivity contribution >= 4 is 5.78 Å². The fourth-order valence-corrected chi connectivity index (χ4v) is 2.43. The molecule has 0 unspecified atom stereocenters. The summed E-state index contributed by atoms with van der Waals surface area (Å²) in [5.74, 6) is -2.19. The maximum atomic E-state index is 13.1. The molecule has 9 heteroatoms. The number of ketones is 1. The van der Waals surface area contributed by atoms with Gasteiger partial charge in [-0.2, -0.15) is 13.2 Å². The molecule has 0 atom stereocenters. The molecule has 0 saturated carbocycles. The zero-order chi connectivity index (χ0) is 20.2. The van der Waals surface area contributed by atoms with Gasteiger partial charge in [-0.05, 0) is 42.3 Å². The number of Topliss-reactive ketones (excluding diaryl/α,β-unsaturated/α-hetero) is 1. The first-order valence-electron chi connectivity index (χ1n) is 7.92. The van der Waals surface area contributed by atoms with Gasteiger partial charge >= 0.3 is 6.18 Å². The van der Waals surface area contributed by atoms with Gasteiger partial charge in [-0.15, -0.1) is 0 Å². The third kappa shape index (κ3) is 5.95. The second-order valence-corrected chi connectivity index (χ2v) is 5.94. The normalized spacial score (nSPS) is 12.0. The Morgan fingerprint density at radius 2 is 1.67 bits per heavy atom. The lowest BCUT2D eigenvalue weighted by molar-refractivity contribution is -0.138. The van der Waals surface area contributed by atoms with E-state index in [-0.39, 0.29) is 17.7 Å². The van der Waals surface area contributed by atoms with Gasteiger partial charge in [0.2, 0.25) is 0 Å². The minimum absolute atomic E-state index is 0.0257. The lowest BCUT2D eigenvalue weighted by Crippen LogP contribution is -2.62. The molecule has 0 radical (unpaired) electrons. The van der Waals surface area contributed by atoms with Crippen molar-refractivity contribution in [3.63, 3.8) is 0 Å². The summed E-state index contributed by atoms with van der Waals surface area (Å²) in [6.45, 7) is 0. The van der Waals surface area contributed by atoms with Gasteiger partial charge in [0.1, 0.15) is 11.5 Å². The van der Waals surface area contributed by atoms with E-state index in [4.69, 9.17) is 26.7 Å². The second kappa shape index (κ2) is 7.95. The number of carbonyl (C=O) groups excluding carboxylic acids is 1. The summed E-state index contributed by atoms with van der Waals surface area (Å²) < 4.78 is 48.9. The van der Waals surface area contributed by atoms with E-state index in [9.17, 15) is 18.0 Å². The van der Waals surface area contributed by atoms with Crippen molar-refractivity contribution in [2.45, 2.75) is 25.0 Å². The van der Waals surface area contributed by atoms with Crippen molar-refractivity contribution in [2.24, 2.45) is 17.2 Å². The van der Waals surface area contributed by atoms with E-state index < -0.39 is 23.5 Å². The van der Waals surface area contributed by atoms with Crippen LogP contribution in [0.2, 0.25) is 0 Å². The zero-order valence-corrected chi connectivity index (χ0v) is 14.5. The smallest absolute Gasteiger partial charge is 0.419 e. The Morgan fingerprint density at radius 3 is 2.19 bits per heavy atom. The highest BCUT2D eigenvalue weighted by Crippen LogP contribution is 2.36. The Morgan fingerprint density at radius 1 is 1.04 bits per heavy atom. The summed E-state index contributed by atoms with van der Waals surface area (Å²) >= 11 is 0. The van der Waals surface area contributed by atoms with Gasteiger partial charge in [-0.3, -0.25) is 22.0 Å². The van der Waals surface area contributed by atoms with E-state index in [1.54, 1.807) is 24.3 Å². The molecule has 2 aromatic carbocycles. The number of hydrogen-bond donors (Lipinski definition) is 3.